The number of benzene rings is 2. The number of hydrogen-bond acceptors (Lipinski definition) is 7. The van der Waals surface area contributed by atoms with E-state index >= 15 is 0 Å². The zero-order chi connectivity index (χ0) is 22.7. The molecular formula is C24H24O7. The number of furan rings is 1. The molecule has 7 heteroatoms. The van der Waals surface area contributed by atoms with Crippen molar-refractivity contribution >= 4 is 11.9 Å². The van der Waals surface area contributed by atoms with E-state index in [1.54, 1.807) is 36.4 Å². The smallest absolute Gasteiger partial charge is 0.308 e. The van der Waals surface area contributed by atoms with Crippen LogP contribution < -0.4 is 18.9 Å². The highest BCUT2D eigenvalue weighted by atomic mass is 16.6. The Labute approximate surface area is 180 Å². The van der Waals surface area contributed by atoms with Gasteiger partial charge < -0.3 is 23.4 Å². The maximum Gasteiger partial charge on any atom is 0.308 e. The van der Waals surface area contributed by atoms with Gasteiger partial charge in [-0.25, -0.2) is 0 Å². The van der Waals surface area contributed by atoms with Crippen LogP contribution >= 0.6 is 0 Å². The molecule has 0 fully saturated rings. The maximum absolute atomic E-state index is 11.3. The molecule has 0 unspecified atom stereocenters. The Hall–Kier alpha value is -3.74. The van der Waals surface area contributed by atoms with Gasteiger partial charge in [-0.2, -0.15) is 0 Å². The van der Waals surface area contributed by atoms with Gasteiger partial charge in [0.25, 0.3) is 0 Å². The average molecular weight is 424 g/mol. The van der Waals surface area contributed by atoms with Crippen molar-refractivity contribution in [1.82, 2.24) is 0 Å². The molecule has 1 aromatic heterocycles. The minimum absolute atomic E-state index is 0.339. The second-order valence-corrected chi connectivity index (χ2v) is 6.93. The van der Waals surface area contributed by atoms with E-state index in [2.05, 4.69) is 0 Å². The molecule has 0 radical (unpaired) electrons. The molecule has 0 bridgehead atoms. The predicted molar refractivity (Wildman–Crippen MR) is 115 cm³/mol. The summed E-state index contributed by atoms with van der Waals surface area (Å²) in [6.45, 7) is 6.60. The third kappa shape index (κ3) is 4.55. The highest BCUT2D eigenvalue weighted by Crippen LogP contribution is 2.41. The van der Waals surface area contributed by atoms with Gasteiger partial charge in [-0.15, -0.1) is 0 Å². The van der Waals surface area contributed by atoms with Crippen molar-refractivity contribution in [2.45, 2.75) is 27.7 Å². The van der Waals surface area contributed by atoms with E-state index < -0.39 is 11.9 Å². The second-order valence-electron chi connectivity index (χ2n) is 6.93. The lowest BCUT2D eigenvalue weighted by molar-refractivity contribution is -0.132. The van der Waals surface area contributed by atoms with E-state index in [1.165, 1.54) is 28.1 Å². The molecular weight excluding hydrogens is 400 g/mol. The molecule has 3 aromatic rings. The SMILES string of the molecule is COc1cc(-c2oc(-c3ccc(OC(C)=O)c(OC)c3)c(C)c2C)ccc1OC(C)=O. The molecule has 7 nitrogen and oxygen atoms in total. The fraction of sp³-hybridized carbons (Fsp3) is 0.250. The van der Waals surface area contributed by atoms with Crippen LogP contribution in [0, 0.1) is 13.8 Å². The van der Waals surface area contributed by atoms with Gasteiger partial charge in [0, 0.05) is 25.0 Å². The lowest BCUT2D eigenvalue weighted by atomic mass is 10.0. The Bertz CT molecular complexity index is 1050. The predicted octanol–water partition coefficient (Wildman–Crippen LogP) is 5.10. The van der Waals surface area contributed by atoms with Gasteiger partial charge in [-0.1, -0.05) is 0 Å². The molecule has 0 atom stereocenters. The summed E-state index contributed by atoms with van der Waals surface area (Å²) < 4.78 is 27.3. The Kier molecular flexibility index (Phi) is 6.34. The summed E-state index contributed by atoms with van der Waals surface area (Å²) in [6.07, 6.45) is 0. The molecule has 1 heterocycles. The Morgan fingerprint density at radius 1 is 0.677 bits per heavy atom. The number of methoxy groups -OCH3 is 2. The summed E-state index contributed by atoms with van der Waals surface area (Å²) in [5.74, 6) is 2.02. The van der Waals surface area contributed by atoms with Crippen molar-refractivity contribution in [3.05, 3.63) is 47.5 Å². The van der Waals surface area contributed by atoms with Gasteiger partial charge >= 0.3 is 11.9 Å². The lowest BCUT2D eigenvalue weighted by Gasteiger charge is -2.10. The number of carbonyl (C=O) groups is 2. The number of carbonyl (C=O) groups excluding carboxylic acids is 2. The number of ether oxygens (including phenoxy) is 4. The highest BCUT2D eigenvalue weighted by Gasteiger charge is 2.20. The van der Waals surface area contributed by atoms with Crippen LogP contribution in [-0.2, 0) is 9.59 Å². The van der Waals surface area contributed by atoms with Gasteiger partial charge in [0.05, 0.1) is 14.2 Å². The van der Waals surface area contributed by atoms with Crippen LogP contribution in [-0.4, -0.2) is 26.2 Å². The summed E-state index contributed by atoms with van der Waals surface area (Å²) in [4.78, 5) is 22.6. The largest absolute Gasteiger partial charge is 0.493 e. The third-order valence-corrected chi connectivity index (χ3v) is 4.81. The van der Waals surface area contributed by atoms with E-state index in [9.17, 15) is 9.59 Å². The summed E-state index contributed by atoms with van der Waals surface area (Å²) in [7, 11) is 3.02. The van der Waals surface area contributed by atoms with Crippen LogP contribution in [0.2, 0.25) is 0 Å². The Morgan fingerprint density at radius 3 is 1.39 bits per heavy atom. The maximum atomic E-state index is 11.3. The molecule has 0 aliphatic heterocycles. The van der Waals surface area contributed by atoms with E-state index in [-0.39, 0.29) is 0 Å². The van der Waals surface area contributed by atoms with Crippen molar-refractivity contribution in [1.29, 1.82) is 0 Å². The molecule has 0 aliphatic rings. The zero-order valence-electron chi connectivity index (χ0n) is 18.3. The van der Waals surface area contributed by atoms with E-state index in [0.29, 0.717) is 34.5 Å². The monoisotopic (exact) mass is 424 g/mol. The number of rotatable bonds is 6. The first-order chi connectivity index (χ1) is 14.7. The molecule has 162 valence electrons. The topological polar surface area (TPSA) is 84.2 Å². The van der Waals surface area contributed by atoms with E-state index in [0.717, 1.165) is 22.3 Å². The quantitative estimate of drug-likeness (QED) is 0.402. The first-order valence-corrected chi connectivity index (χ1v) is 9.58. The van der Waals surface area contributed by atoms with E-state index in [4.69, 9.17) is 23.4 Å². The van der Waals surface area contributed by atoms with Crippen molar-refractivity contribution in [2.24, 2.45) is 0 Å². The molecule has 3 rings (SSSR count). The first-order valence-electron chi connectivity index (χ1n) is 9.58. The van der Waals surface area contributed by atoms with Crippen molar-refractivity contribution < 1.29 is 33.0 Å². The lowest BCUT2D eigenvalue weighted by Crippen LogP contribution is -2.03. The summed E-state index contributed by atoms with van der Waals surface area (Å²) >= 11 is 0. The van der Waals surface area contributed by atoms with E-state index in [1.807, 2.05) is 13.8 Å². The summed E-state index contributed by atoms with van der Waals surface area (Å²) in [5, 5.41) is 0. The molecule has 0 amide bonds. The average Bonchev–Trinajstić information content (AvgIpc) is 3.02. The summed E-state index contributed by atoms with van der Waals surface area (Å²) in [5.41, 5.74) is 3.48. The second kappa shape index (κ2) is 8.95. The fourth-order valence-electron chi connectivity index (χ4n) is 3.24. The summed E-state index contributed by atoms with van der Waals surface area (Å²) in [6, 6.07) is 10.5. The molecule has 31 heavy (non-hydrogen) atoms. The van der Waals surface area contributed by atoms with Gasteiger partial charge in [0.2, 0.25) is 0 Å². The number of esters is 2. The molecule has 0 spiro atoms. The third-order valence-electron chi connectivity index (χ3n) is 4.81. The molecule has 0 saturated carbocycles. The van der Waals surface area contributed by atoms with Crippen LogP contribution in [0.5, 0.6) is 23.0 Å². The standard InChI is InChI=1S/C24H24O7/c1-13-14(2)24(18-8-10-20(30-16(4)26)22(12-18)28-6)31-23(13)17-7-9-19(29-15(3)25)21(11-17)27-5/h7-12H,1-6H3. The van der Waals surface area contributed by atoms with Crippen LogP contribution in [0.3, 0.4) is 0 Å². The van der Waals surface area contributed by atoms with Crippen molar-refractivity contribution in [3.8, 4) is 45.6 Å². The molecule has 0 saturated heterocycles. The minimum atomic E-state index is -0.426. The minimum Gasteiger partial charge on any atom is -0.493 e. The fourth-order valence-corrected chi connectivity index (χ4v) is 3.24. The van der Waals surface area contributed by atoms with Crippen LogP contribution in [0.4, 0.5) is 0 Å². The van der Waals surface area contributed by atoms with Gasteiger partial charge in [-0.3, -0.25) is 9.59 Å². The molecule has 0 N–H and O–H groups in total. The Balaban J connectivity index is 2.05. The normalized spacial score (nSPS) is 10.5. The van der Waals surface area contributed by atoms with Crippen LogP contribution in [0.15, 0.2) is 40.8 Å². The van der Waals surface area contributed by atoms with Gasteiger partial charge in [0.1, 0.15) is 11.5 Å². The van der Waals surface area contributed by atoms with Crippen molar-refractivity contribution in [3.63, 3.8) is 0 Å². The Morgan fingerprint density at radius 2 is 1.06 bits per heavy atom. The zero-order valence-corrected chi connectivity index (χ0v) is 18.3. The molecule has 2 aromatic carbocycles. The highest BCUT2D eigenvalue weighted by molar-refractivity contribution is 5.77. The molecule has 0 aliphatic carbocycles. The van der Waals surface area contributed by atoms with Crippen LogP contribution in [0.25, 0.3) is 22.6 Å². The number of hydrogen-bond donors (Lipinski definition) is 0. The van der Waals surface area contributed by atoms with Gasteiger partial charge in [-0.05, 0) is 61.4 Å². The first kappa shape index (κ1) is 22.0. The van der Waals surface area contributed by atoms with Crippen molar-refractivity contribution in [2.75, 3.05) is 14.2 Å². The van der Waals surface area contributed by atoms with Gasteiger partial charge in [0.15, 0.2) is 23.0 Å². The van der Waals surface area contributed by atoms with Crippen LogP contribution in [0.1, 0.15) is 25.0 Å².